The Kier molecular flexibility index (Phi) is 5.08. The van der Waals surface area contributed by atoms with Crippen molar-refractivity contribution in [3.8, 4) is 10.4 Å². The Hall–Kier alpha value is -2.52. The molecule has 6 heterocycles. The Balaban J connectivity index is 1.31. The number of aromatic nitrogens is 2. The maximum atomic E-state index is 15.1. The van der Waals surface area contributed by atoms with Gasteiger partial charge in [0.1, 0.15) is 11.6 Å². The van der Waals surface area contributed by atoms with Crippen LogP contribution in [0.3, 0.4) is 0 Å². The van der Waals surface area contributed by atoms with Gasteiger partial charge in [-0.15, -0.1) is 11.3 Å². The molecule has 1 aromatic carbocycles. The maximum Gasteiger partial charge on any atom is 0.137 e. The molecule has 34 heavy (non-hydrogen) atoms. The highest BCUT2D eigenvalue weighted by Crippen LogP contribution is 2.42. The number of nitrogens with zero attached hydrogens (tertiary/aromatic N) is 3. The number of benzene rings is 1. The molecule has 3 aliphatic heterocycles. The summed E-state index contributed by atoms with van der Waals surface area (Å²) in [6.07, 6.45) is 1.88. The summed E-state index contributed by atoms with van der Waals surface area (Å²) in [5, 5.41) is 5.56. The number of aromatic amines is 1. The quantitative estimate of drug-likeness (QED) is 0.464. The number of rotatable bonds is 4. The summed E-state index contributed by atoms with van der Waals surface area (Å²) < 4.78 is 21.9. The van der Waals surface area contributed by atoms with Crippen LogP contribution in [0.4, 0.5) is 10.2 Å². The highest BCUT2D eigenvalue weighted by Gasteiger charge is 2.36. The summed E-state index contributed by atoms with van der Waals surface area (Å²) in [6.45, 7) is 8.51. The number of likely N-dealkylation sites (tertiary alicyclic amines) is 1. The number of anilines is 1. The Morgan fingerprint density at radius 1 is 1.06 bits per heavy atom. The van der Waals surface area contributed by atoms with Crippen LogP contribution in [-0.4, -0.2) is 67.4 Å². The second-order valence-corrected chi connectivity index (χ2v) is 10.9. The summed E-state index contributed by atoms with van der Waals surface area (Å²) in [4.78, 5) is 14.2. The Labute approximate surface area is 201 Å². The first-order chi connectivity index (χ1) is 16.7. The second kappa shape index (κ2) is 8.30. The molecular weight excluding hydrogens is 449 g/mol. The molecular formula is C26H28FN5OS. The van der Waals surface area contributed by atoms with Gasteiger partial charge in [0.25, 0.3) is 0 Å². The number of morpholine rings is 1. The van der Waals surface area contributed by atoms with Gasteiger partial charge in [0.2, 0.25) is 0 Å². The van der Waals surface area contributed by atoms with Crippen molar-refractivity contribution in [2.45, 2.75) is 6.54 Å². The van der Waals surface area contributed by atoms with Crippen molar-refractivity contribution in [3.05, 3.63) is 48.0 Å². The van der Waals surface area contributed by atoms with Crippen molar-refractivity contribution in [1.82, 2.24) is 20.2 Å². The fraction of sp³-hybridized carbons (Fsp3) is 0.423. The van der Waals surface area contributed by atoms with Gasteiger partial charge in [0.05, 0.1) is 18.9 Å². The largest absolute Gasteiger partial charge is 0.378 e. The van der Waals surface area contributed by atoms with Crippen LogP contribution in [0, 0.1) is 17.7 Å². The van der Waals surface area contributed by atoms with Crippen LogP contribution in [0.15, 0.2) is 36.5 Å². The van der Waals surface area contributed by atoms with Crippen molar-refractivity contribution in [2.75, 3.05) is 57.4 Å². The SMILES string of the molecule is Fc1ccc2[nH]ccc2c1-c1cc2c(N3CCOCC3)nc(CN3CC4CNCC4C3)cc2s1. The van der Waals surface area contributed by atoms with Crippen LogP contribution in [0.5, 0.6) is 0 Å². The molecule has 2 atom stereocenters. The zero-order valence-corrected chi connectivity index (χ0v) is 19.8. The molecule has 0 amide bonds. The Morgan fingerprint density at radius 2 is 1.88 bits per heavy atom. The van der Waals surface area contributed by atoms with E-state index in [-0.39, 0.29) is 5.82 Å². The van der Waals surface area contributed by atoms with Crippen LogP contribution in [0.25, 0.3) is 31.4 Å². The van der Waals surface area contributed by atoms with Crippen LogP contribution >= 0.6 is 11.3 Å². The first kappa shape index (κ1) is 20.8. The van der Waals surface area contributed by atoms with Crippen molar-refractivity contribution in [1.29, 1.82) is 0 Å². The molecule has 0 saturated carbocycles. The summed E-state index contributed by atoms with van der Waals surface area (Å²) in [7, 11) is 0. The van der Waals surface area contributed by atoms with E-state index >= 15 is 4.39 Å². The lowest BCUT2D eigenvalue weighted by atomic mass is 10.0. The molecule has 3 aromatic heterocycles. The minimum atomic E-state index is -0.183. The molecule has 0 bridgehead atoms. The van der Waals surface area contributed by atoms with Crippen molar-refractivity contribution >= 4 is 38.1 Å². The zero-order valence-electron chi connectivity index (χ0n) is 19.0. The third-order valence-electron chi connectivity index (χ3n) is 7.64. The topological polar surface area (TPSA) is 56.4 Å². The lowest BCUT2D eigenvalue weighted by Gasteiger charge is -2.29. The highest BCUT2D eigenvalue weighted by atomic mass is 32.1. The summed E-state index contributed by atoms with van der Waals surface area (Å²) in [5.74, 6) is 2.36. The van der Waals surface area contributed by atoms with Gasteiger partial charge in [-0.2, -0.15) is 0 Å². The average molecular weight is 478 g/mol. The monoisotopic (exact) mass is 477 g/mol. The number of halogens is 1. The summed E-state index contributed by atoms with van der Waals surface area (Å²) in [5.41, 5.74) is 2.74. The molecule has 2 unspecified atom stereocenters. The van der Waals surface area contributed by atoms with Crippen LogP contribution in [0.1, 0.15) is 5.69 Å². The number of fused-ring (bicyclic) bond motifs is 3. The smallest absolute Gasteiger partial charge is 0.137 e. The van der Waals surface area contributed by atoms with E-state index in [2.05, 4.69) is 32.2 Å². The molecule has 6 nitrogen and oxygen atoms in total. The average Bonchev–Trinajstić information content (AvgIpc) is 3.62. The van der Waals surface area contributed by atoms with Gasteiger partial charge < -0.3 is 19.9 Å². The van der Waals surface area contributed by atoms with Gasteiger partial charge in [-0.25, -0.2) is 9.37 Å². The molecule has 4 aromatic rings. The molecule has 0 aliphatic carbocycles. The lowest BCUT2D eigenvalue weighted by Crippen LogP contribution is -2.37. The van der Waals surface area contributed by atoms with E-state index < -0.39 is 0 Å². The van der Waals surface area contributed by atoms with Crippen LogP contribution in [0.2, 0.25) is 0 Å². The van der Waals surface area contributed by atoms with Gasteiger partial charge in [-0.1, -0.05) is 0 Å². The van der Waals surface area contributed by atoms with Crippen molar-refractivity contribution < 1.29 is 9.13 Å². The van der Waals surface area contributed by atoms with Crippen LogP contribution < -0.4 is 10.2 Å². The molecule has 7 rings (SSSR count). The Bertz CT molecular complexity index is 1350. The van der Waals surface area contributed by atoms with Crippen LogP contribution in [-0.2, 0) is 11.3 Å². The number of nitrogens with one attached hydrogen (secondary N) is 2. The number of thiophene rings is 1. The molecule has 8 heteroatoms. The van der Waals surface area contributed by atoms with Gasteiger partial charge in [0.15, 0.2) is 0 Å². The molecule has 3 saturated heterocycles. The lowest BCUT2D eigenvalue weighted by molar-refractivity contribution is 0.122. The van der Waals surface area contributed by atoms with Crippen molar-refractivity contribution in [3.63, 3.8) is 0 Å². The highest BCUT2D eigenvalue weighted by molar-refractivity contribution is 7.22. The van der Waals surface area contributed by atoms with E-state index in [1.165, 1.54) is 4.70 Å². The molecule has 0 radical (unpaired) electrons. The van der Waals surface area contributed by atoms with E-state index in [4.69, 9.17) is 9.72 Å². The Morgan fingerprint density at radius 3 is 2.71 bits per heavy atom. The first-order valence-electron chi connectivity index (χ1n) is 12.2. The van der Waals surface area contributed by atoms with Crippen molar-refractivity contribution in [2.24, 2.45) is 11.8 Å². The minimum Gasteiger partial charge on any atom is -0.378 e. The van der Waals surface area contributed by atoms with Gasteiger partial charge in [-0.3, -0.25) is 4.90 Å². The predicted molar refractivity (Wildman–Crippen MR) is 135 cm³/mol. The normalized spacial score (nSPS) is 23.4. The maximum absolute atomic E-state index is 15.1. The number of H-pyrrole nitrogens is 1. The van der Waals surface area contributed by atoms with E-state index in [0.717, 1.165) is 90.3 Å². The van der Waals surface area contributed by atoms with Gasteiger partial charge >= 0.3 is 0 Å². The third-order valence-corrected chi connectivity index (χ3v) is 8.74. The standard InChI is InChI=1S/C26H28FN5OS/c27-21-1-2-22-19(3-4-29-22)25(21)24-10-20-23(34-24)9-18(30-26(20)32-5-7-33-8-6-32)15-31-13-16-11-28-12-17(16)14-31/h1-4,9-10,16-17,28-29H,5-8,11-15H2. The van der Waals surface area contributed by atoms with E-state index in [1.807, 2.05) is 12.3 Å². The van der Waals surface area contributed by atoms with Gasteiger partial charge in [-0.05, 0) is 55.3 Å². The fourth-order valence-electron chi connectivity index (χ4n) is 5.96. The van der Waals surface area contributed by atoms with E-state index in [9.17, 15) is 0 Å². The van der Waals surface area contributed by atoms with E-state index in [0.29, 0.717) is 18.8 Å². The minimum absolute atomic E-state index is 0.183. The molecule has 3 fully saturated rings. The molecule has 176 valence electrons. The number of hydrogen-bond acceptors (Lipinski definition) is 6. The molecule has 3 aliphatic rings. The molecule has 0 spiro atoms. The summed E-state index contributed by atoms with van der Waals surface area (Å²) >= 11 is 1.67. The second-order valence-electron chi connectivity index (χ2n) is 9.79. The molecule has 2 N–H and O–H groups in total. The first-order valence-corrected chi connectivity index (χ1v) is 13.0. The number of hydrogen-bond donors (Lipinski definition) is 2. The zero-order chi connectivity index (χ0) is 22.6. The number of pyridine rings is 1. The van der Waals surface area contributed by atoms with E-state index in [1.54, 1.807) is 23.5 Å². The third kappa shape index (κ3) is 3.51. The summed E-state index contributed by atoms with van der Waals surface area (Å²) in [6, 6.07) is 9.70. The predicted octanol–water partition coefficient (Wildman–Crippen LogP) is 4.07. The fourth-order valence-corrected chi connectivity index (χ4v) is 7.13. The number of ether oxygens (including phenoxy) is 1. The van der Waals surface area contributed by atoms with Gasteiger partial charge in [0, 0.05) is 70.4 Å².